The lowest BCUT2D eigenvalue weighted by Gasteiger charge is -2.10. The number of hydrogen-bond acceptors (Lipinski definition) is 4. The van der Waals surface area contributed by atoms with Crippen molar-refractivity contribution in [1.29, 1.82) is 0 Å². The van der Waals surface area contributed by atoms with E-state index in [1.54, 1.807) is 11.7 Å². The van der Waals surface area contributed by atoms with Gasteiger partial charge in [-0.1, -0.05) is 0 Å². The minimum Gasteiger partial charge on any atom is -0.383 e. The van der Waals surface area contributed by atoms with Crippen molar-refractivity contribution in [3.05, 3.63) is 27.9 Å². The van der Waals surface area contributed by atoms with Crippen LogP contribution in [0.25, 0.3) is 0 Å². The number of nitrogens with one attached hydrogen (secondary N) is 1. The number of hydrogen-bond donors (Lipinski definition) is 1. The monoisotopic (exact) mass is 225 g/mol. The zero-order valence-electron chi connectivity index (χ0n) is 10.1. The summed E-state index contributed by atoms with van der Waals surface area (Å²) in [6.07, 6.45) is 0. The highest BCUT2D eigenvalue weighted by Gasteiger charge is 2.01. The summed E-state index contributed by atoms with van der Waals surface area (Å²) >= 11 is 0. The SMILES string of the molecule is COCCNCCn1c(C)cc(C)nc1=O. The van der Waals surface area contributed by atoms with Gasteiger partial charge in [0.25, 0.3) is 0 Å². The predicted molar refractivity (Wildman–Crippen MR) is 62.7 cm³/mol. The fraction of sp³-hybridized carbons (Fsp3) is 0.636. The number of aromatic nitrogens is 2. The third-order valence-electron chi connectivity index (χ3n) is 2.34. The van der Waals surface area contributed by atoms with Crippen molar-refractivity contribution < 1.29 is 4.74 Å². The predicted octanol–water partition coefficient (Wildman–Crippen LogP) is 0.0961. The molecule has 1 heterocycles. The Kier molecular flexibility index (Phi) is 5.14. The number of methoxy groups -OCH3 is 1. The Bertz CT molecular complexity index is 387. The number of aryl methyl sites for hydroxylation is 2. The third-order valence-corrected chi connectivity index (χ3v) is 2.34. The van der Waals surface area contributed by atoms with Gasteiger partial charge in [0, 0.05) is 38.1 Å². The van der Waals surface area contributed by atoms with Gasteiger partial charge < -0.3 is 10.1 Å². The van der Waals surface area contributed by atoms with Crippen LogP contribution in [-0.4, -0.2) is 36.4 Å². The second-order valence-electron chi connectivity index (χ2n) is 3.72. The Morgan fingerprint density at radius 1 is 1.44 bits per heavy atom. The number of nitrogens with zero attached hydrogens (tertiary/aromatic N) is 2. The molecule has 0 atom stereocenters. The van der Waals surface area contributed by atoms with E-state index in [4.69, 9.17) is 4.74 Å². The van der Waals surface area contributed by atoms with Gasteiger partial charge in [0.2, 0.25) is 0 Å². The quantitative estimate of drug-likeness (QED) is 0.697. The molecule has 0 aliphatic carbocycles. The molecule has 1 rings (SSSR count). The van der Waals surface area contributed by atoms with Crippen LogP contribution in [0, 0.1) is 13.8 Å². The number of rotatable bonds is 6. The molecule has 0 radical (unpaired) electrons. The smallest absolute Gasteiger partial charge is 0.347 e. The average molecular weight is 225 g/mol. The van der Waals surface area contributed by atoms with E-state index < -0.39 is 0 Å². The van der Waals surface area contributed by atoms with Gasteiger partial charge in [-0.2, -0.15) is 4.98 Å². The zero-order valence-corrected chi connectivity index (χ0v) is 10.1. The Hall–Kier alpha value is -1.20. The average Bonchev–Trinajstić information content (AvgIpc) is 2.20. The van der Waals surface area contributed by atoms with E-state index >= 15 is 0 Å². The maximum atomic E-state index is 11.6. The van der Waals surface area contributed by atoms with Gasteiger partial charge in [-0.05, 0) is 19.9 Å². The van der Waals surface area contributed by atoms with Crippen LogP contribution >= 0.6 is 0 Å². The van der Waals surface area contributed by atoms with Gasteiger partial charge in [0.05, 0.1) is 6.61 Å². The first-order valence-corrected chi connectivity index (χ1v) is 5.40. The molecule has 90 valence electrons. The molecule has 0 unspecified atom stereocenters. The molecule has 0 saturated carbocycles. The van der Waals surface area contributed by atoms with E-state index in [2.05, 4.69) is 10.3 Å². The summed E-state index contributed by atoms with van der Waals surface area (Å²) in [7, 11) is 1.67. The van der Waals surface area contributed by atoms with E-state index in [9.17, 15) is 4.79 Å². The first kappa shape index (κ1) is 12.9. The molecule has 1 aromatic heterocycles. The van der Waals surface area contributed by atoms with Crippen LogP contribution in [0.15, 0.2) is 10.9 Å². The molecular weight excluding hydrogens is 206 g/mol. The molecule has 0 saturated heterocycles. The standard InChI is InChI=1S/C11H19N3O2/c1-9-8-10(2)14(11(15)13-9)6-4-12-5-7-16-3/h8,12H,4-7H2,1-3H3. The van der Waals surface area contributed by atoms with Crippen LogP contribution < -0.4 is 11.0 Å². The molecule has 0 spiro atoms. The van der Waals surface area contributed by atoms with E-state index in [1.165, 1.54) is 0 Å². The fourth-order valence-corrected chi connectivity index (χ4v) is 1.54. The maximum absolute atomic E-state index is 11.6. The van der Waals surface area contributed by atoms with Gasteiger partial charge in [-0.15, -0.1) is 0 Å². The number of ether oxygens (including phenoxy) is 1. The van der Waals surface area contributed by atoms with Gasteiger partial charge >= 0.3 is 5.69 Å². The summed E-state index contributed by atoms with van der Waals surface area (Å²) in [4.78, 5) is 15.5. The molecule has 0 aliphatic heterocycles. The summed E-state index contributed by atoms with van der Waals surface area (Å²) < 4.78 is 6.59. The van der Waals surface area contributed by atoms with Crippen LogP contribution in [0.2, 0.25) is 0 Å². The van der Waals surface area contributed by atoms with Crippen molar-refractivity contribution in [1.82, 2.24) is 14.9 Å². The molecule has 1 N–H and O–H groups in total. The maximum Gasteiger partial charge on any atom is 0.347 e. The van der Waals surface area contributed by atoms with Gasteiger partial charge in [-0.3, -0.25) is 4.57 Å². The van der Waals surface area contributed by atoms with Crippen LogP contribution in [0.3, 0.4) is 0 Å². The van der Waals surface area contributed by atoms with Crippen molar-refractivity contribution >= 4 is 0 Å². The van der Waals surface area contributed by atoms with Gasteiger partial charge in [0.1, 0.15) is 0 Å². The molecular formula is C11H19N3O2. The van der Waals surface area contributed by atoms with Crippen molar-refractivity contribution in [3.8, 4) is 0 Å². The topological polar surface area (TPSA) is 56.1 Å². The minimum absolute atomic E-state index is 0.175. The van der Waals surface area contributed by atoms with Gasteiger partial charge in [-0.25, -0.2) is 4.79 Å². The van der Waals surface area contributed by atoms with Crippen LogP contribution in [0.1, 0.15) is 11.4 Å². The molecule has 5 nitrogen and oxygen atoms in total. The van der Waals surface area contributed by atoms with E-state index in [0.29, 0.717) is 13.2 Å². The molecule has 1 aromatic rings. The Labute approximate surface area is 95.5 Å². The van der Waals surface area contributed by atoms with Crippen molar-refractivity contribution in [2.75, 3.05) is 26.8 Å². The van der Waals surface area contributed by atoms with Gasteiger partial charge in [0.15, 0.2) is 0 Å². The van der Waals surface area contributed by atoms with Crippen molar-refractivity contribution in [2.45, 2.75) is 20.4 Å². The first-order valence-electron chi connectivity index (χ1n) is 5.40. The van der Waals surface area contributed by atoms with Crippen molar-refractivity contribution in [2.24, 2.45) is 0 Å². The third kappa shape index (κ3) is 3.75. The second-order valence-corrected chi connectivity index (χ2v) is 3.72. The second kappa shape index (κ2) is 6.40. The largest absolute Gasteiger partial charge is 0.383 e. The highest BCUT2D eigenvalue weighted by atomic mass is 16.5. The molecule has 0 amide bonds. The Balaban J connectivity index is 2.51. The lowest BCUT2D eigenvalue weighted by molar-refractivity contribution is 0.199. The summed E-state index contributed by atoms with van der Waals surface area (Å²) in [5.41, 5.74) is 1.54. The lowest BCUT2D eigenvalue weighted by atomic mass is 10.3. The molecule has 16 heavy (non-hydrogen) atoms. The molecule has 0 aliphatic rings. The van der Waals surface area contributed by atoms with Crippen LogP contribution in [0.5, 0.6) is 0 Å². The Morgan fingerprint density at radius 2 is 2.19 bits per heavy atom. The highest BCUT2D eigenvalue weighted by molar-refractivity contribution is 5.06. The molecule has 5 heteroatoms. The summed E-state index contributed by atoms with van der Waals surface area (Å²) in [6.45, 7) is 6.61. The summed E-state index contributed by atoms with van der Waals surface area (Å²) in [5.74, 6) is 0. The summed E-state index contributed by atoms with van der Waals surface area (Å²) in [5, 5.41) is 3.19. The molecule has 0 aromatic carbocycles. The van der Waals surface area contributed by atoms with E-state index in [1.807, 2.05) is 19.9 Å². The fourth-order valence-electron chi connectivity index (χ4n) is 1.54. The van der Waals surface area contributed by atoms with Crippen LogP contribution in [-0.2, 0) is 11.3 Å². The molecule has 0 fully saturated rings. The van der Waals surface area contributed by atoms with Crippen LogP contribution in [0.4, 0.5) is 0 Å². The van der Waals surface area contributed by atoms with E-state index in [-0.39, 0.29) is 5.69 Å². The first-order chi connectivity index (χ1) is 7.65. The summed E-state index contributed by atoms with van der Waals surface area (Å²) in [6, 6.07) is 1.91. The minimum atomic E-state index is -0.175. The molecule has 0 bridgehead atoms. The van der Waals surface area contributed by atoms with E-state index in [0.717, 1.165) is 24.5 Å². The normalized spacial score (nSPS) is 10.7. The zero-order chi connectivity index (χ0) is 12.0. The van der Waals surface area contributed by atoms with Crippen molar-refractivity contribution in [3.63, 3.8) is 0 Å². The highest BCUT2D eigenvalue weighted by Crippen LogP contribution is 1.95. The Morgan fingerprint density at radius 3 is 2.81 bits per heavy atom. The lowest BCUT2D eigenvalue weighted by Crippen LogP contribution is -2.31.